The molecule has 0 aliphatic carbocycles. The highest BCUT2D eigenvalue weighted by Gasteiger charge is 2.34. The highest BCUT2D eigenvalue weighted by molar-refractivity contribution is 6.89. The van der Waals surface area contributed by atoms with Crippen LogP contribution in [0.5, 0.6) is 0 Å². The molecule has 0 unspecified atom stereocenters. The topological polar surface area (TPSA) is 12.5 Å². The minimum absolute atomic E-state index is 0.985. The molecule has 0 rings (SSSR count). The second kappa shape index (κ2) is 9.01. The predicted octanol–water partition coefficient (Wildman–Crippen LogP) is 5.76. The van der Waals surface area contributed by atoms with Crippen molar-refractivity contribution in [1.29, 1.82) is 0 Å². The van der Waals surface area contributed by atoms with E-state index in [4.69, 9.17) is 4.43 Å². The molecular weight excluding hydrogens is 306 g/mol. The summed E-state index contributed by atoms with van der Waals surface area (Å²) in [6.07, 6.45) is 2.50. The Morgan fingerprint density at radius 3 is 1.62 bits per heavy atom. The van der Waals surface area contributed by atoms with Gasteiger partial charge in [0.15, 0.2) is 8.32 Å². The van der Waals surface area contributed by atoms with E-state index < -0.39 is 24.8 Å². The Morgan fingerprint density at radius 1 is 0.810 bits per heavy atom. The molecule has 5 heteroatoms. The summed E-state index contributed by atoms with van der Waals surface area (Å²) in [5.74, 6) is 0. The number of hydrogen-bond acceptors (Lipinski definition) is 2. The molecular formula is C16H41NOSi3. The average molecular weight is 348 g/mol. The molecule has 0 atom stereocenters. The van der Waals surface area contributed by atoms with Crippen LogP contribution in [0.15, 0.2) is 0 Å². The van der Waals surface area contributed by atoms with Crippen LogP contribution < -0.4 is 0 Å². The number of nitrogens with zero attached hydrogens (tertiary/aromatic N) is 1. The van der Waals surface area contributed by atoms with Crippen LogP contribution in [0.25, 0.3) is 0 Å². The standard InChI is InChI=1S/C16H41NOSi3/c1-10-16-21(11-2,12-3)18-15-13-14-17(19(4,5)6)20(7,8)9/h10-16H2,1-9H3. The lowest BCUT2D eigenvalue weighted by atomic mass is 10.5. The molecule has 0 radical (unpaired) electrons. The maximum absolute atomic E-state index is 6.49. The van der Waals surface area contributed by atoms with Crippen LogP contribution in [-0.2, 0) is 4.43 Å². The summed E-state index contributed by atoms with van der Waals surface area (Å²) >= 11 is 0. The molecule has 0 heterocycles. The van der Waals surface area contributed by atoms with E-state index in [2.05, 4.69) is 64.3 Å². The van der Waals surface area contributed by atoms with Crippen LogP contribution in [-0.4, -0.2) is 42.2 Å². The van der Waals surface area contributed by atoms with E-state index in [1.54, 1.807) is 0 Å². The molecule has 0 saturated heterocycles. The Hall–Kier alpha value is 0.571. The van der Waals surface area contributed by atoms with Crippen molar-refractivity contribution in [2.75, 3.05) is 13.2 Å². The van der Waals surface area contributed by atoms with Gasteiger partial charge in [-0.1, -0.05) is 66.5 Å². The minimum Gasteiger partial charge on any atom is -0.417 e. The lowest BCUT2D eigenvalue weighted by Gasteiger charge is -2.43. The molecule has 0 aromatic rings. The first kappa shape index (κ1) is 21.6. The Kier molecular flexibility index (Phi) is 9.26. The van der Waals surface area contributed by atoms with Crippen molar-refractivity contribution in [3.05, 3.63) is 0 Å². The van der Waals surface area contributed by atoms with Crippen LogP contribution in [0.4, 0.5) is 0 Å². The summed E-state index contributed by atoms with van der Waals surface area (Å²) in [5, 5.41) is 0. The fourth-order valence-corrected chi connectivity index (χ4v) is 16.5. The maximum atomic E-state index is 6.49. The van der Waals surface area contributed by atoms with Crippen molar-refractivity contribution < 1.29 is 4.43 Å². The molecule has 2 nitrogen and oxygen atoms in total. The average Bonchev–Trinajstić information content (AvgIpc) is 2.34. The van der Waals surface area contributed by atoms with Gasteiger partial charge in [-0.25, -0.2) is 0 Å². The maximum Gasteiger partial charge on any atom is 0.192 e. The Balaban J connectivity index is 4.46. The van der Waals surface area contributed by atoms with E-state index in [1.807, 2.05) is 0 Å². The van der Waals surface area contributed by atoms with Gasteiger partial charge in [0.2, 0.25) is 0 Å². The van der Waals surface area contributed by atoms with Crippen LogP contribution >= 0.6 is 0 Å². The van der Waals surface area contributed by atoms with E-state index in [0.29, 0.717) is 0 Å². The van der Waals surface area contributed by atoms with Crippen molar-refractivity contribution in [1.82, 2.24) is 4.23 Å². The van der Waals surface area contributed by atoms with Crippen molar-refractivity contribution in [2.24, 2.45) is 0 Å². The third-order valence-corrected chi connectivity index (χ3v) is 17.1. The fourth-order valence-electron chi connectivity index (χ4n) is 3.52. The quantitative estimate of drug-likeness (QED) is 0.348. The van der Waals surface area contributed by atoms with E-state index in [0.717, 1.165) is 6.61 Å². The van der Waals surface area contributed by atoms with Gasteiger partial charge >= 0.3 is 0 Å². The van der Waals surface area contributed by atoms with Gasteiger partial charge in [0, 0.05) is 6.61 Å². The first-order valence-electron chi connectivity index (χ1n) is 8.94. The van der Waals surface area contributed by atoms with Gasteiger partial charge in [0.05, 0.1) is 0 Å². The lowest BCUT2D eigenvalue weighted by molar-refractivity contribution is 0.285. The molecule has 0 aromatic heterocycles. The summed E-state index contributed by atoms with van der Waals surface area (Å²) in [6, 6.07) is 3.90. The van der Waals surface area contributed by atoms with Crippen LogP contribution in [0.1, 0.15) is 33.6 Å². The predicted molar refractivity (Wildman–Crippen MR) is 106 cm³/mol. The molecule has 0 aliphatic heterocycles. The SMILES string of the molecule is CCC[Si](CC)(CC)OCCCN([Si](C)(C)C)[Si](C)(C)C. The van der Waals surface area contributed by atoms with Crippen LogP contribution in [0.2, 0.25) is 57.4 Å². The highest BCUT2D eigenvalue weighted by atomic mass is 28.4. The zero-order valence-corrected chi connectivity index (χ0v) is 19.3. The first-order chi connectivity index (χ1) is 9.52. The van der Waals surface area contributed by atoms with Gasteiger partial charge in [0.25, 0.3) is 0 Å². The third-order valence-electron chi connectivity index (χ3n) is 4.55. The minimum atomic E-state index is -1.40. The van der Waals surface area contributed by atoms with E-state index >= 15 is 0 Å². The van der Waals surface area contributed by atoms with Crippen LogP contribution in [0.3, 0.4) is 0 Å². The molecule has 0 saturated carbocycles. The summed E-state index contributed by atoms with van der Waals surface area (Å²) in [7, 11) is -3.80. The van der Waals surface area contributed by atoms with Crippen molar-refractivity contribution >= 4 is 24.8 Å². The van der Waals surface area contributed by atoms with E-state index in [1.165, 1.54) is 37.5 Å². The van der Waals surface area contributed by atoms with Gasteiger partial charge in [0.1, 0.15) is 16.5 Å². The zero-order valence-electron chi connectivity index (χ0n) is 16.3. The van der Waals surface area contributed by atoms with Crippen molar-refractivity contribution in [2.45, 2.75) is 91.0 Å². The Morgan fingerprint density at radius 2 is 1.29 bits per heavy atom. The normalized spacial score (nSPS) is 14.0. The van der Waals surface area contributed by atoms with Crippen molar-refractivity contribution in [3.63, 3.8) is 0 Å². The Labute approximate surface area is 138 Å². The first-order valence-corrected chi connectivity index (χ1v) is 18.4. The van der Waals surface area contributed by atoms with Gasteiger partial charge in [-0.3, -0.25) is 0 Å². The van der Waals surface area contributed by atoms with E-state index in [9.17, 15) is 0 Å². The molecule has 0 aromatic carbocycles. The van der Waals surface area contributed by atoms with Crippen molar-refractivity contribution in [3.8, 4) is 0 Å². The third kappa shape index (κ3) is 7.59. The molecule has 0 N–H and O–H groups in total. The molecule has 21 heavy (non-hydrogen) atoms. The summed E-state index contributed by atoms with van der Waals surface area (Å²) < 4.78 is 9.37. The van der Waals surface area contributed by atoms with Gasteiger partial charge in [-0.2, -0.15) is 0 Å². The fraction of sp³-hybridized carbons (Fsp3) is 1.00. The van der Waals surface area contributed by atoms with Gasteiger partial charge in [-0.05, 0) is 31.1 Å². The second-order valence-electron chi connectivity index (χ2n) is 8.34. The smallest absolute Gasteiger partial charge is 0.192 e. The molecule has 128 valence electrons. The zero-order chi connectivity index (χ0) is 16.7. The Bertz CT molecular complexity index is 266. The largest absolute Gasteiger partial charge is 0.417 e. The summed E-state index contributed by atoms with van der Waals surface area (Å²) in [4.78, 5) is 0. The van der Waals surface area contributed by atoms with E-state index in [-0.39, 0.29) is 0 Å². The molecule has 0 fully saturated rings. The number of rotatable bonds is 11. The number of hydrogen-bond donors (Lipinski definition) is 0. The van der Waals surface area contributed by atoms with Gasteiger partial charge in [-0.15, -0.1) is 0 Å². The molecule has 0 bridgehead atoms. The lowest BCUT2D eigenvalue weighted by Crippen LogP contribution is -2.59. The van der Waals surface area contributed by atoms with Gasteiger partial charge < -0.3 is 8.66 Å². The monoisotopic (exact) mass is 347 g/mol. The summed E-state index contributed by atoms with van der Waals surface area (Å²) in [6.45, 7) is 24.1. The highest BCUT2D eigenvalue weighted by Crippen LogP contribution is 2.24. The molecule has 0 amide bonds. The molecule has 0 spiro atoms. The molecule has 0 aliphatic rings. The summed E-state index contributed by atoms with van der Waals surface area (Å²) in [5.41, 5.74) is 0. The second-order valence-corrected chi connectivity index (χ2v) is 23.1. The van der Waals surface area contributed by atoms with Crippen LogP contribution in [0, 0.1) is 0 Å².